The van der Waals surface area contributed by atoms with Crippen LogP contribution in [0.3, 0.4) is 0 Å². The Morgan fingerprint density at radius 2 is 1.30 bits per heavy atom. The third-order valence-corrected chi connectivity index (χ3v) is 6.45. The van der Waals surface area contributed by atoms with E-state index in [0.717, 1.165) is 23.4 Å². The first-order valence-electron chi connectivity index (χ1n) is 11.8. The molecule has 0 amide bonds. The van der Waals surface area contributed by atoms with Gasteiger partial charge in [0, 0.05) is 51.0 Å². The fourth-order valence-electron chi connectivity index (χ4n) is 4.55. The summed E-state index contributed by atoms with van der Waals surface area (Å²) in [7, 11) is 0. The molecule has 0 spiro atoms. The van der Waals surface area contributed by atoms with Crippen molar-refractivity contribution in [2.75, 3.05) is 37.6 Å². The maximum atomic E-state index is 13.3. The van der Waals surface area contributed by atoms with Crippen molar-refractivity contribution in [1.82, 2.24) is 10.2 Å². The summed E-state index contributed by atoms with van der Waals surface area (Å²) < 4.78 is 92.5. The van der Waals surface area contributed by atoms with E-state index in [1.807, 2.05) is 30.3 Å². The molecule has 1 saturated heterocycles. The number of rotatable bonds is 7. The topological polar surface area (TPSA) is 18.5 Å². The molecule has 1 atom stereocenters. The third kappa shape index (κ3) is 7.01. The van der Waals surface area contributed by atoms with Gasteiger partial charge >= 0.3 is 12.4 Å². The molecular formula is C27H26F7N3. The molecule has 10 heteroatoms. The van der Waals surface area contributed by atoms with Crippen LogP contribution in [0.15, 0.2) is 72.8 Å². The minimum absolute atomic E-state index is 0.0879. The molecule has 0 saturated carbocycles. The van der Waals surface area contributed by atoms with Crippen LogP contribution in [0.4, 0.5) is 36.4 Å². The molecule has 1 fully saturated rings. The third-order valence-electron chi connectivity index (χ3n) is 6.45. The Bertz CT molecular complexity index is 1120. The summed E-state index contributed by atoms with van der Waals surface area (Å²) in [5.74, 6) is -0.305. The molecule has 3 nitrogen and oxygen atoms in total. The lowest BCUT2D eigenvalue weighted by Crippen LogP contribution is -2.49. The van der Waals surface area contributed by atoms with Crippen LogP contribution in [0, 0.1) is 5.82 Å². The van der Waals surface area contributed by atoms with E-state index < -0.39 is 23.5 Å². The number of nitrogens with zero attached hydrogens (tertiary/aromatic N) is 2. The summed E-state index contributed by atoms with van der Waals surface area (Å²) in [5.41, 5.74) is -0.827. The quantitative estimate of drug-likeness (QED) is 0.355. The van der Waals surface area contributed by atoms with E-state index in [2.05, 4.69) is 15.1 Å². The summed E-state index contributed by atoms with van der Waals surface area (Å²) >= 11 is 0. The highest BCUT2D eigenvalue weighted by Gasteiger charge is 2.37. The number of hydrogen-bond acceptors (Lipinski definition) is 3. The van der Waals surface area contributed by atoms with Crippen molar-refractivity contribution in [1.29, 1.82) is 0 Å². The first kappa shape index (κ1) is 26.9. The molecule has 0 aliphatic carbocycles. The Morgan fingerprint density at radius 1 is 0.730 bits per heavy atom. The largest absolute Gasteiger partial charge is 0.416 e. The van der Waals surface area contributed by atoms with E-state index in [1.165, 1.54) is 12.1 Å². The summed E-state index contributed by atoms with van der Waals surface area (Å²) in [5, 5.41) is 3.07. The van der Waals surface area contributed by atoms with E-state index in [0.29, 0.717) is 32.7 Å². The zero-order chi connectivity index (χ0) is 26.6. The summed E-state index contributed by atoms with van der Waals surface area (Å²) in [6, 6.07) is 17.3. The van der Waals surface area contributed by atoms with Crippen molar-refractivity contribution < 1.29 is 30.7 Å². The van der Waals surface area contributed by atoms with E-state index in [9.17, 15) is 30.7 Å². The number of alkyl halides is 6. The lowest BCUT2D eigenvalue weighted by Gasteiger charge is -2.40. The van der Waals surface area contributed by atoms with Crippen LogP contribution in [0.2, 0.25) is 0 Å². The van der Waals surface area contributed by atoms with E-state index >= 15 is 0 Å². The molecule has 3 aromatic carbocycles. The summed E-state index contributed by atoms with van der Waals surface area (Å²) in [6.07, 6.45) is -9.76. The maximum absolute atomic E-state index is 13.3. The number of hydrogen-bond donors (Lipinski definition) is 1. The van der Waals surface area contributed by atoms with Crippen molar-refractivity contribution >= 4 is 5.69 Å². The van der Waals surface area contributed by atoms with Crippen LogP contribution in [-0.2, 0) is 18.9 Å². The van der Waals surface area contributed by atoms with Crippen LogP contribution >= 0.6 is 0 Å². The monoisotopic (exact) mass is 525 g/mol. The summed E-state index contributed by atoms with van der Waals surface area (Å²) in [4.78, 5) is 4.38. The van der Waals surface area contributed by atoms with E-state index in [1.54, 1.807) is 12.1 Å². The molecule has 37 heavy (non-hydrogen) atoms. The van der Waals surface area contributed by atoms with Gasteiger partial charge in [0.15, 0.2) is 0 Å². The predicted octanol–water partition coefficient (Wildman–Crippen LogP) is 6.52. The molecule has 0 aromatic heterocycles. The predicted molar refractivity (Wildman–Crippen MR) is 128 cm³/mol. The van der Waals surface area contributed by atoms with Gasteiger partial charge in [-0.25, -0.2) is 4.39 Å². The van der Waals surface area contributed by atoms with Crippen molar-refractivity contribution in [2.24, 2.45) is 0 Å². The van der Waals surface area contributed by atoms with Gasteiger partial charge in [0.2, 0.25) is 0 Å². The number of nitrogens with one attached hydrogen (secondary N) is 1. The number of benzene rings is 3. The second-order valence-electron chi connectivity index (χ2n) is 8.97. The van der Waals surface area contributed by atoms with Gasteiger partial charge in [-0.05, 0) is 53.6 Å². The van der Waals surface area contributed by atoms with E-state index in [4.69, 9.17) is 0 Å². The zero-order valence-corrected chi connectivity index (χ0v) is 19.8. The fraction of sp³-hybridized carbons (Fsp3) is 0.333. The molecule has 1 aliphatic rings. The van der Waals surface area contributed by atoms with Gasteiger partial charge < -0.3 is 10.2 Å². The van der Waals surface area contributed by atoms with Gasteiger partial charge in [0.05, 0.1) is 11.1 Å². The van der Waals surface area contributed by atoms with Gasteiger partial charge in [-0.2, -0.15) is 26.3 Å². The van der Waals surface area contributed by atoms with Crippen molar-refractivity contribution in [3.05, 3.63) is 101 Å². The smallest absolute Gasteiger partial charge is 0.369 e. The van der Waals surface area contributed by atoms with Gasteiger partial charge in [0.25, 0.3) is 0 Å². The van der Waals surface area contributed by atoms with Gasteiger partial charge in [-0.1, -0.05) is 30.3 Å². The first-order valence-corrected chi connectivity index (χ1v) is 11.8. The molecule has 1 heterocycles. The van der Waals surface area contributed by atoms with Crippen LogP contribution in [0.25, 0.3) is 0 Å². The van der Waals surface area contributed by atoms with Crippen LogP contribution < -0.4 is 10.2 Å². The molecule has 198 valence electrons. The molecule has 4 rings (SSSR count). The molecule has 3 aromatic rings. The lowest BCUT2D eigenvalue weighted by molar-refractivity contribution is -0.143. The van der Waals surface area contributed by atoms with Gasteiger partial charge in [-0.3, -0.25) is 4.90 Å². The highest BCUT2D eigenvalue weighted by molar-refractivity contribution is 5.46. The Kier molecular flexibility index (Phi) is 8.08. The average Bonchev–Trinajstić information content (AvgIpc) is 2.87. The molecule has 0 bridgehead atoms. The Hall–Kier alpha value is -3.11. The Balaban J connectivity index is 1.46. The minimum Gasteiger partial charge on any atom is -0.369 e. The highest BCUT2D eigenvalue weighted by Crippen LogP contribution is 2.36. The molecule has 1 aliphatic heterocycles. The van der Waals surface area contributed by atoms with Crippen molar-refractivity contribution in [2.45, 2.75) is 24.9 Å². The van der Waals surface area contributed by atoms with Crippen LogP contribution in [0.5, 0.6) is 0 Å². The standard InChI is InChI=1S/C27H26F7N3/c28-23-6-8-24(9-7-23)36-10-12-37(13-11-36)25(20-4-2-1-3-5-20)18-35-17-19-14-21(26(29,30)31)16-22(15-19)27(32,33)34/h1-9,14-16,25,35H,10-13,17-18H2. The molecule has 1 unspecified atom stereocenters. The SMILES string of the molecule is Fc1ccc(N2CCN(C(CNCc3cc(C(F)(F)F)cc(C(F)(F)F)c3)c3ccccc3)CC2)cc1. The molecule has 0 radical (unpaired) electrons. The van der Waals surface area contributed by atoms with E-state index in [-0.39, 0.29) is 30.0 Å². The number of anilines is 1. The van der Waals surface area contributed by atoms with Crippen LogP contribution in [0.1, 0.15) is 28.3 Å². The lowest BCUT2D eigenvalue weighted by atomic mass is 10.0. The fourth-order valence-corrected chi connectivity index (χ4v) is 4.55. The number of halogens is 7. The van der Waals surface area contributed by atoms with Crippen molar-refractivity contribution in [3.63, 3.8) is 0 Å². The minimum atomic E-state index is -4.88. The zero-order valence-electron chi connectivity index (χ0n) is 19.8. The van der Waals surface area contributed by atoms with Gasteiger partial charge in [0.1, 0.15) is 5.82 Å². The average molecular weight is 526 g/mol. The Labute approximate surface area is 210 Å². The molecule has 1 N–H and O–H groups in total. The molecular weight excluding hydrogens is 499 g/mol. The second kappa shape index (κ2) is 11.1. The second-order valence-corrected chi connectivity index (χ2v) is 8.97. The van der Waals surface area contributed by atoms with Crippen LogP contribution in [-0.4, -0.2) is 37.6 Å². The van der Waals surface area contributed by atoms with Crippen molar-refractivity contribution in [3.8, 4) is 0 Å². The summed E-state index contributed by atoms with van der Waals surface area (Å²) in [6.45, 7) is 2.93. The van der Waals surface area contributed by atoms with Gasteiger partial charge in [-0.15, -0.1) is 0 Å². The maximum Gasteiger partial charge on any atom is 0.416 e. The first-order chi connectivity index (χ1) is 17.5. The number of piperazine rings is 1. The highest BCUT2D eigenvalue weighted by atomic mass is 19.4. The Morgan fingerprint density at radius 3 is 1.84 bits per heavy atom. The normalized spacial score (nSPS) is 16.1.